The van der Waals surface area contributed by atoms with E-state index in [4.69, 9.17) is 22.1 Å². The number of para-hydroxylation sites is 1. The number of H-pyrrole nitrogens is 2. The Labute approximate surface area is 211 Å². The third-order valence-corrected chi connectivity index (χ3v) is 7.67. The Hall–Kier alpha value is -3.92. The summed E-state index contributed by atoms with van der Waals surface area (Å²) in [6, 6.07) is 10.5. The van der Waals surface area contributed by atoms with Crippen molar-refractivity contribution in [2.75, 3.05) is 18.6 Å². The van der Waals surface area contributed by atoms with E-state index >= 15 is 0 Å². The largest absolute Gasteiger partial charge is 0.495 e. The zero-order valence-corrected chi connectivity index (χ0v) is 20.5. The quantitative estimate of drug-likeness (QED) is 0.388. The number of nitrogens with one attached hydrogen (secondary N) is 2. The van der Waals surface area contributed by atoms with Gasteiger partial charge in [0, 0.05) is 24.7 Å². The Balaban J connectivity index is 1.36. The van der Waals surface area contributed by atoms with Gasteiger partial charge in [0.2, 0.25) is 0 Å². The number of aromatic amines is 2. The maximum Gasteiger partial charge on any atom is 0.326 e. The van der Waals surface area contributed by atoms with Crippen LogP contribution in [0.15, 0.2) is 47.4 Å². The number of nitrogens with zero attached hydrogens (tertiary/aromatic N) is 4. The van der Waals surface area contributed by atoms with E-state index in [9.17, 15) is 9.59 Å². The van der Waals surface area contributed by atoms with Gasteiger partial charge < -0.3 is 25.3 Å². The number of anilines is 1. The fourth-order valence-corrected chi connectivity index (χ4v) is 5.91. The molecule has 4 N–H and O–H groups in total. The van der Waals surface area contributed by atoms with Crippen LogP contribution in [-0.4, -0.2) is 44.3 Å². The summed E-state index contributed by atoms with van der Waals surface area (Å²) in [6.45, 7) is 1.87. The number of urea groups is 1. The SMILES string of the molecule is COc1ccc(C2CC(n3c(=O)[nH]c4c(N5Cc6cn[nH]c6C5)cccc43)CCN2C(N)=O)cc1Cl. The fraction of sp³-hybridized carbons (Fsp3) is 0.320. The van der Waals surface area contributed by atoms with Gasteiger partial charge in [0.15, 0.2) is 0 Å². The molecule has 4 heterocycles. The van der Waals surface area contributed by atoms with E-state index in [1.165, 1.54) is 0 Å². The molecule has 36 heavy (non-hydrogen) atoms. The number of carbonyl (C=O) groups is 1. The van der Waals surface area contributed by atoms with Crippen LogP contribution in [-0.2, 0) is 13.1 Å². The zero-order chi connectivity index (χ0) is 25.0. The molecule has 2 unspecified atom stereocenters. The normalized spacial score (nSPS) is 19.6. The molecule has 2 aromatic carbocycles. The van der Waals surface area contributed by atoms with Gasteiger partial charge in [-0.3, -0.25) is 9.67 Å². The lowest BCUT2D eigenvalue weighted by atomic mass is 9.91. The second kappa shape index (κ2) is 8.63. The number of ether oxygens (including phenoxy) is 1. The van der Waals surface area contributed by atoms with Gasteiger partial charge in [0.25, 0.3) is 0 Å². The average molecular weight is 508 g/mol. The molecule has 4 aromatic rings. The molecule has 186 valence electrons. The van der Waals surface area contributed by atoms with E-state index in [1.807, 2.05) is 35.0 Å². The molecule has 2 atom stereocenters. The second-order valence-corrected chi connectivity index (χ2v) is 9.73. The molecule has 0 aliphatic carbocycles. The van der Waals surface area contributed by atoms with Crippen LogP contribution in [0, 0.1) is 0 Å². The highest BCUT2D eigenvalue weighted by Crippen LogP contribution is 2.40. The molecule has 0 radical (unpaired) electrons. The number of carbonyl (C=O) groups excluding carboxylic acids is 1. The molecule has 2 aromatic heterocycles. The van der Waals surface area contributed by atoms with Crippen molar-refractivity contribution in [1.29, 1.82) is 0 Å². The molecule has 1 saturated heterocycles. The van der Waals surface area contributed by atoms with Crippen molar-refractivity contribution in [3.63, 3.8) is 0 Å². The maximum atomic E-state index is 13.3. The fourth-order valence-electron chi connectivity index (χ4n) is 5.64. The first kappa shape index (κ1) is 22.5. The number of imidazole rings is 1. The maximum absolute atomic E-state index is 13.3. The number of halogens is 1. The number of fused-ring (bicyclic) bond motifs is 2. The molecule has 2 amide bonds. The number of primary amides is 1. The second-order valence-electron chi connectivity index (χ2n) is 9.32. The summed E-state index contributed by atoms with van der Waals surface area (Å²) in [5.74, 6) is 0.558. The highest BCUT2D eigenvalue weighted by Gasteiger charge is 2.34. The van der Waals surface area contributed by atoms with Crippen molar-refractivity contribution in [3.8, 4) is 5.75 Å². The van der Waals surface area contributed by atoms with Gasteiger partial charge in [0.1, 0.15) is 5.75 Å². The number of piperidine rings is 1. The molecule has 0 bridgehead atoms. The molecular weight excluding hydrogens is 482 g/mol. The Morgan fingerprint density at radius 1 is 1.25 bits per heavy atom. The molecule has 1 fully saturated rings. The lowest BCUT2D eigenvalue weighted by Gasteiger charge is -2.39. The number of amides is 2. The number of aromatic nitrogens is 4. The van der Waals surface area contributed by atoms with Crippen LogP contribution in [0.1, 0.15) is 41.7 Å². The minimum absolute atomic E-state index is 0.126. The van der Waals surface area contributed by atoms with Gasteiger partial charge in [0.05, 0.1) is 53.3 Å². The van der Waals surface area contributed by atoms with E-state index in [-0.39, 0.29) is 17.8 Å². The van der Waals surface area contributed by atoms with Crippen LogP contribution in [0.25, 0.3) is 11.0 Å². The summed E-state index contributed by atoms with van der Waals surface area (Å²) in [5.41, 5.74) is 11.3. The van der Waals surface area contributed by atoms with Crippen LogP contribution in [0.4, 0.5) is 10.5 Å². The first-order valence-electron chi connectivity index (χ1n) is 11.8. The van der Waals surface area contributed by atoms with Gasteiger partial charge in [-0.05, 0) is 42.7 Å². The zero-order valence-electron chi connectivity index (χ0n) is 19.7. The Kier molecular flexibility index (Phi) is 5.40. The van der Waals surface area contributed by atoms with E-state index in [0.717, 1.165) is 40.1 Å². The minimum Gasteiger partial charge on any atom is -0.495 e. The smallest absolute Gasteiger partial charge is 0.326 e. The van der Waals surface area contributed by atoms with Gasteiger partial charge in [-0.25, -0.2) is 9.59 Å². The minimum atomic E-state index is -0.495. The van der Waals surface area contributed by atoms with Crippen molar-refractivity contribution in [3.05, 3.63) is 74.9 Å². The third-order valence-electron chi connectivity index (χ3n) is 7.37. The summed E-state index contributed by atoms with van der Waals surface area (Å²) < 4.78 is 7.10. The monoisotopic (exact) mass is 507 g/mol. The molecular formula is C25H26ClN7O3. The molecule has 0 saturated carbocycles. The topological polar surface area (TPSA) is 125 Å². The van der Waals surface area contributed by atoms with E-state index in [0.29, 0.717) is 36.7 Å². The summed E-state index contributed by atoms with van der Waals surface area (Å²) in [4.78, 5) is 32.6. The molecule has 10 nitrogen and oxygen atoms in total. The number of hydrogen-bond acceptors (Lipinski definition) is 5. The number of likely N-dealkylation sites (tertiary alicyclic amines) is 1. The van der Waals surface area contributed by atoms with Crippen LogP contribution >= 0.6 is 11.6 Å². The van der Waals surface area contributed by atoms with Crippen LogP contribution < -0.4 is 21.1 Å². The van der Waals surface area contributed by atoms with Crippen LogP contribution in [0.2, 0.25) is 5.02 Å². The Morgan fingerprint density at radius 2 is 2.11 bits per heavy atom. The Morgan fingerprint density at radius 3 is 2.86 bits per heavy atom. The molecule has 6 rings (SSSR count). The van der Waals surface area contributed by atoms with Crippen molar-refractivity contribution in [2.45, 2.75) is 38.0 Å². The third kappa shape index (κ3) is 3.60. The lowest BCUT2D eigenvalue weighted by molar-refractivity contribution is 0.136. The summed E-state index contributed by atoms with van der Waals surface area (Å²) >= 11 is 6.39. The van der Waals surface area contributed by atoms with Gasteiger partial charge in [-0.15, -0.1) is 0 Å². The number of nitrogens with two attached hydrogens (primary N) is 1. The van der Waals surface area contributed by atoms with Crippen molar-refractivity contribution < 1.29 is 9.53 Å². The predicted molar refractivity (Wildman–Crippen MR) is 136 cm³/mol. The predicted octanol–water partition coefficient (Wildman–Crippen LogP) is 3.69. The van der Waals surface area contributed by atoms with Crippen molar-refractivity contribution in [2.24, 2.45) is 5.73 Å². The highest BCUT2D eigenvalue weighted by molar-refractivity contribution is 6.32. The number of benzene rings is 2. The summed E-state index contributed by atoms with van der Waals surface area (Å²) in [7, 11) is 1.56. The van der Waals surface area contributed by atoms with Crippen molar-refractivity contribution >= 4 is 34.4 Å². The van der Waals surface area contributed by atoms with Gasteiger partial charge in [-0.1, -0.05) is 23.7 Å². The number of rotatable bonds is 4. The van der Waals surface area contributed by atoms with E-state index < -0.39 is 6.03 Å². The first-order chi connectivity index (χ1) is 17.4. The highest BCUT2D eigenvalue weighted by atomic mass is 35.5. The van der Waals surface area contributed by atoms with Gasteiger partial charge in [-0.2, -0.15) is 5.10 Å². The van der Waals surface area contributed by atoms with Gasteiger partial charge >= 0.3 is 11.7 Å². The summed E-state index contributed by atoms with van der Waals surface area (Å²) in [5, 5.41) is 7.62. The summed E-state index contributed by atoms with van der Waals surface area (Å²) in [6.07, 6.45) is 2.99. The molecule has 2 aliphatic rings. The van der Waals surface area contributed by atoms with E-state index in [1.54, 1.807) is 24.1 Å². The van der Waals surface area contributed by atoms with Crippen LogP contribution in [0.5, 0.6) is 5.75 Å². The number of methoxy groups -OCH3 is 1. The lowest BCUT2D eigenvalue weighted by Crippen LogP contribution is -2.45. The molecule has 2 aliphatic heterocycles. The molecule has 0 spiro atoms. The van der Waals surface area contributed by atoms with E-state index in [2.05, 4.69) is 20.1 Å². The first-order valence-corrected chi connectivity index (χ1v) is 12.2. The number of hydrogen-bond donors (Lipinski definition) is 3. The Bertz CT molecular complexity index is 1500. The van der Waals surface area contributed by atoms with Crippen molar-refractivity contribution in [1.82, 2.24) is 24.6 Å². The average Bonchev–Trinajstić information content (AvgIpc) is 3.56. The molecule has 11 heteroatoms. The van der Waals surface area contributed by atoms with Crippen LogP contribution in [0.3, 0.4) is 0 Å². The standard InChI is InChI=1S/C25H26ClN7O3/c1-36-22-6-5-14(9-17(22)26)21-10-16(7-8-32(21)24(27)34)33-20-4-2-3-19(23(20)29-25(33)35)31-12-15-11-28-30-18(15)13-31/h2-6,9,11,16,21H,7-8,10,12-13H2,1H3,(H2,27,34)(H,28,30)(H,29,35).